The van der Waals surface area contributed by atoms with Crippen molar-refractivity contribution in [2.45, 2.75) is 25.7 Å². The molecule has 1 aliphatic rings. The number of carboxylic acids is 1. The number of ketones is 1. The van der Waals surface area contributed by atoms with Gasteiger partial charge >= 0.3 is 5.97 Å². The van der Waals surface area contributed by atoms with Gasteiger partial charge in [-0.3, -0.25) is 9.59 Å². The molecule has 0 bridgehead atoms. The maximum Gasteiger partial charge on any atom is 0.341 e. The van der Waals surface area contributed by atoms with Gasteiger partial charge in [0.15, 0.2) is 0 Å². The van der Waals surface area contributed by atoms with E-state index < -0.39 is 11.5 Å². The normalized spacial score (nSPS) is 14.2. The molecule has 1 fully saturated rings. The number of hydrogen-bond donors (Lipinski definition) is 1. The van der Waals surface area contributed by atoms with E-state index in [2.05, 4.69) is 0 Å². The van der Waals surface area contributed by atoms with E-state index in [9.17, 15) is 14.4 Å². The molecule has 0 unspecified atom stereocenters. The van der Waals surface area contributed by atoms with Gasteiger partial charge in [-0.15, -0.1) is 0 Å². The summed E-state index contributed by atoms with van der Waals surface area (Å²) in [5.41, 5.74) is 1.64. The SMILES string of the molecule is Cn1cc(-c2ccc(CC(=O)C3CCC3)cc2)cc(C(=O)O)c1=O. The Morgan fingerprint density at radius 3 is 2.38 bits per heavy atom. The van der Waals surface area contributed by atoms with Gasteiger partial charge in [0.25, 0.3) is 5.56 Å². The number of hydrogen-bond acceptors (Lipinski definition) is 3. The van der Waals surface area contributed by atoms with E-state index in [4.69, 9.17) is 5.11 Å². The summed E-state index contributed by atoms with van der Waals surface area (Å²) >= 11 is 0. The Kier molecular flexibility index (Phi) is 4.34. The first-order chi connectivity index (χ1) is 11.5. The lowest BCUT2D eigenvalue weighted by Crippen LogP contribution is -2.24. The van der Waals surface area contributed by atoms with Gasteiger partial charge in [0.2, 0.25) is 0 Å². The lowest BCUT2D eigenvalue weighted by molar-refractivity contribution is -0.124. The van der Waals surface area contributed by atoms with Crippen LogP contribution in [0.5, 0.6) is 0 Å². The molecule has 0 atom stereocenters. The summed E-state index contributed by atoms with van der Waals surface area (Å²) in [6, 6.07) is 8.87. The highest BCUT2D eigenvalue weighted by Crippen LogP contribution is 2.28. The van der Waals surface area contributed by atoms with Crippen LogP contribution in [0, 0.1) is 5.92 Å². The molecule has 1 aliphatic carbocycles. The third-order valence-corrected chi connectivity index (χ3v) is 4.64. The standard InChI is InChI=1S/C19H19NO4/c1-20-11-15(10-16(18(20)22)19(23)24)13-7-5-12(6-8-13)9-17(21)14-3-2-4-14/h5-8,10-11,14H,2-4,9H2,1H3,(H,23,24). The van der Waals surface area contributed by atoms with Crippen LogP contribution in [0.15, 0.2) is 41.3 Å². The van der Waals surface area contributed by atoms with Crippen molar-refractivity contribution in [3.63, 3.8) is 0 Å². The van der Waals surface area contributed by atoms with Gasteiger partial charge in [-0.2, -0.15) is 0 Å². The average molecular weight is 325 g/mol. The molecule has 1 aromatic heterocycles. The summed E-state index contributed by atoms with van der Waals surface area (Å²) in [5, 5.41) is 9.13. The highest BCUT2D eigenvalue weighted by atomic mass is 16.4. The number of Topliss-reactive ketones (excluding diaryl/α,β-unsaturated/α-hetero) is 1. The van der Waals surface area contributed by atoms with Crippen molar-refractivity contribution in [1.29, 1.82) is 0 Å². The van der Waals surface area contributed by atoms with E-state index in [1.165, 1.54) is 17.7 Å². The molecule has 1 heterocycles. The molecule has 5 heteroatoms. The molecule has 1 saturated carbocycles. The number of carbonyl (C=O) groups excluding carboxylic acids is 1. The monoisotopic (exact) mass is 325 g/mol. The molecule has 0 aliphatic heterocycles. The van der Waals surface area contributed by atoms with Gasteiger partial charge in [-0.25, -0.2) is 4.79 Å². The van der Waals surface area contributed by atoms with Crippen LogP contribution in [0.3, 0.4) is 0 Å². The number of carboxylic acid groups (broad SMARTS) is 1. The van der Waals surface area contributed by atoms with Gasteiger partial charge in [0, 0.05) is 25.6 Å². The number of carbonyl (C=O) groups is 2. The fourth-order valence-corrected chi connectivity index (χ4v) is 2.91. The van der Waals surface area contributed by atoms with Crippen LogP contribution >= 0.6 is 0 Å². The van der Waals surface area contributed by atoms with Crippen molar-refractivity contribution in [2.75, 3.05) is 0 Å². The first kappa shape index (κ1) is 16.2. The number of pyridine rings is 1. The number of aryl methyl sites for hydroxylation is 1. The number of nitrogens with zero attached hydrogens (tertiary/aromatic N) is 1. The Morgan fingerprint density at radius 1 is 1.17 bits per heavy atom. The second kappa shape index (κ2) is 6.43. The number of aromatic carboxylic acids is 1. The van der Waals surface area contributed by atoms with Gasteiger partial charge in [-0.05, 0) is 35.6 Å². The second-order valence-electron chi connectivity index (χ2n) is 6.33. The highest BCUT2D eigenvalue weighted by molar-refractivity contribution is 5.89. The Morgan fingerprint density at radius 2 is 1.83 bits per heavy atom. The Balaban J connectivity index is 1.84. The van der Waals surface area contributed by atoms with Crippen LogP contribution in [0.4, 0.5) is 0 Å². The third-order valence-electron chi connectivity index (χ3n) is 4.64. The maximum atomic E-state index is 12.0. The largest absolute Gasteiger partial charge is 0.477 e. The summed E-state index contributed by atoms with van der Waals surface area (Å²) in [6.07, 6.45) is 5.22. The molecule has 1 N–H and O–H groups in total. The fourth-order valence-electron chi connectivity index (χ4n) is 2.91. The molecule has 2 aromatic rings. The van der Waals surface area contributed by atoms with Crippen molar-refractivity contribution >= 4 is 11.8 Å². The highest BCUT2D eigenvalue weighted by Gasteiger charge is 2.24. The van der Waals surface area contributed by atoms with Crippen molar-refractivity contribution < 1.29 is 14.7 Å². The van der Waals surface area contributed by atoms with Gasteiger partial charge in [0.05, 0.1) is 0 Å². The maximum absolute atomic E-state index is 12.0. The summed E-state index contributed by atoms with van der Waals surface area (Å²) in [5.74, 6) is -0.712. The molecule has 1 aromatic carbocycles. The molecule has 0 amide bonds. The zero-order valence-corrected chi connectivity index (χ0v) is 13.5. The zero-order valence-electron chi connectivity index (χ0n) is 13.5. The number of rotatable bonds is 5. The van der Waals surface area contributed by atoms with E-state index in [0.29, 0.717) is 17.8 Å². The van der Waals surface area contributed by atoms with Crippen LogP contribution in [-0.2, 0) is 18.3 Å². The minimum atomic E-state index is -1.24. The number of benzene rings is 1. The lowest BCUT2D eigenvalue weighted by Gasteiger charge is -2.23. The van der Waals surface area contributed by atoms with Gasteiger partial charge in [-0.1, -0.05) is 30.7 Å². The Labute approximate surface area is 139 Å². The minimum absolute atomic E-state index is 0.228. The molecular formula is C19H19NO4. The molecule has 0 radical (unpaired) electrons. The van der Waals surface area contributed by atoms with E-state index in [0.717, 1.165) is 30.4 Å². The first-order valence-electron chi connectivity index (χ1n) is 8.01. The molecule has 24 heavy (non-hydrogen) atoms. The van der Waals surface area contributed by atoms with Crippen molar-refractivity contribution in [3.8, 4) is 11.1 Å². The van der Waals surface area contributed by atoms with E-state index in [1.807, 2.05) is 24.3 Å². The van der Waals surface area contributed by atoms with Crippen molar-refractivity contribution in [3.05, 3.63) is 58.0 Å². The summed E-state index contributed by atoms with van der Waals surface area (Å²) in [6.45, 7) is 0. The molecule has 0 spiro atoms. The van der Waals surface area contributed by atoms with Crippen molar-refractivity contribution in [2.24, 2.45) is 13.0 Å². The third kappa shape index (κ3) is 3.15. The molecular weight excluding hydrogens is 306 g/mol. The van der Waals surface area contributed by atoms with Gasteiger partial charge in [0.1, 0.15) is 11.3 Å². The molecule has 0 saturated heterocycles. The topological polar surface area (TPSA) is 76.4 Å². The minimum Gasteiger partial charge on any atom is -0.477 e. The Hall–Kier alpha value is -2.69. The molecule has 5 nitrogen and oxygen atoms in total. The first-order valence-corrected chi connectivity index (χ1v) is 8.01. The summed E-state index contributed by atoms with van der Waals surface area (Å²) in [7, 11) is 1.53. The fraction of sp³-hybridized carbons (Fsp3) is 0.316. The molecule has 124 valence electrons. The summed E-state index contributed by atoms with van der Waals surface area (Å²) < 4.78 is 1.27. The lowest BCUT2D eigenvalue weighted by atomic mass is 9.80. The van der Waals surface area contributed by atoms with E-state index in [1.54, 1.807) is 6.20 Å². The van der Waals surface area contributed by atoms with Crippen LogP contribution in [0.1, 0.15) is 35.2 Å². The second-order valence-corrected chi connectivity index (χ2v) is 6.33. The van der Waals surface area contributed by atoms with Crippen LogP contribution in [-0.4, -0.2) is 21.4 Å². The zero-order chi connectivity index (χ0) is 17.3. The average Bonchev–Trinajstić information content (AvgIpc) is 2.48. The smallest absolute Gasteiger partial charge is 0.341 e. The quantitative estimate of drug-likeness (QED) is 0.917. The Bertz CT molecular complexity index is 845. The van der Waals surface area contributed by atoms with Gasteiger partial charge < -0.3 is 9.67 Å². The predicted molar refractivity (Wildman–Crippen MR) is 90.1 cm³/mol. The van der Waals surface area contributed by atoms with Crippen LogP contribution in [0.25, 0.3) is 11.1 Å². The van der Waals surface area contributed by atoms with E-state index >= 15 is 0 Å². The van der Waals surface area contributed by atoms with Crippen LogP contribution < -0.4 is 5.56 Å². The predicted octanol–water partition coefficient (Wildman–Crippen LogP) is 2.66. The van der Waals surface area contributed by atoms with E-state index in [-0.39, 0.29) is 11.5 Å². The van der Waals surface area contributed by atoms with Crippen molar-refractivity contribution in [1.82, 2.24) is 4.57 Å². The number of aromatic nitrogens is 1. The summed E-state index contributed by atoms with van der Waals surface area (Å²) in [4.78, 5) is 35.0. The van der Waals surface area contributed by atoms with Crippen LogP contribution in [0.2, 0.25) is 0 Å². The molecule has 3 rings (SSSR count).